The molecule has 1 aromatic heterocycles. The fraction of sp³-hybridized carbons (Fsp3) is 0.227. The van der Waals surface area contributed by atoms with Gasteiger partial charge < -0.3 is 15.5 Å². The monoisotopic (exact) mass is 471 g/mol. The zero-order valence-corrected chi connectivity index (χ0v) is 18.8. The number of anilines is 1. The molecule has 0 unspecified atom stereocenters. The van der Waals surface area contributed by atoms with Crippen molar-refractivity contribution in [2.45, 2.75) is 30.2 Å². The van der Waals surface area contributed by atoms with Crippen molar-refractivity contribution in [3.63, 3.8) is 0 Å². The van der Waals surface area contributed by atoms with Gasteiger partial charge in [-0.15, -0.1) is 0 Å². The Kier molecular flexibility index (Phi) is 5.61. The molecule has 29 heavy (non-hydrogen) atoms. The third-order valence-corrected chi connectivity index (χ3v) is 6.93. The van der Waals surface area contributed by atoms with Gasteiger partial charge in [0.05, 0.1) is 23.9 Å². The van der Waals surface area contributed by atoms with E-state index >= 15 is 0 Å². The maximum Gasteiger partial charge on any atom is 0.240 e. The number of aryl methyl sites for hydroxylation is 2. The van der Waals surface area contributed by atoms with Gasteiger partial charge in [-0.3, -0.25) is 9.47 Å². The highest BCUT2D eigenvalue weighted by Crippen LogP contribution is 2.39. The van der Waals surface area contributed by atoms with Crippen LogP contribution in [0.5, 0.6) is 5.75 Å². The summed E-state index contributed by atoms with van der Waals surface area (Å²) in [6.07, 6.45) is 0. The minimum Gasteiger partial charge on any atom is -0.497 e. The van der Waals surface area contributed by atoms with Gasteiger partial charge >= 0.3 is 0 Å². The number of aromatic nitrogens is 1. The van der Waals surface area contributed by atoms with Crippen molar-refractivity contribution in [3.05, 3.63) is 75.9 Å². The number of amides is 1. The van der Waals surface area contributed by atoms with Gasteiger partial charge in [0.25, 0.3) is 0 Å². The lowest BCUT2D eigenvalue weighted by Crippen LogP contribution is -2.41. The van der Waals surface area contributed by atoms with Gasteiger partial charge in [-0.1, -0.05) is 30.0 Å². The number of nitrogens with one attached hydrogen (secondary N) is 2. The minimum atomic E-state index is -0.335. The fourth-order valence-electron chi connectivity index (χ4n) is 3.37. The molecular weight excluding hydrogens is 450 g/mol. The van der Waals surface area contributed by atoms with Crippen LogP contribution < -0.4 is 15.5 Å². The number of hydrogen-bond acceptors (Lipinski definition) is 4. The molecule has 0 fully saturated rings. The third-order valence-electron chi connectivity index (χ3n) is 4.97. The molecule has 1 aliphatic heterocycles. The van der Waals surface area contributed by atoms with Crippen LogP contribution in [0.25, 0.3) is 0 Å². The molecule has 2 heterocycles. The van der Waals surface area contributed by atoms with Crippen molar-refractivity contribution in [1.29, 1.82) is 0 Å². The van der Waals surface area contributed by atoms with Crippen molar-refractivity contribution >= 4 is 39.3 Å². The summed E-state index contributed by atoms with van der Waals surface area (Å²) < 4.78 is 8.20. The van der Waals surface area contributed by atoms with Crippen molar-refractivity contribution in [3.8, 4) is 5.75 Å². The largest absolute Gasteiger partial charge is 0.497 e. The van der Waals surface area contributed by atoms with Gasteiger partial charge in [0.15, 0.2) is 0 Å². The molecule has 2 N–H and O–H groups in total. The number of hydrogen-bond donors (Lipinski definition) is 2. The van der Waals surface area contributed by atoms with E-state index in [2.05, 4.69) is 32.7 Å². The second-order valence-corrected chi connectivity index (χ2v) is 9.06. The first-order chi connectivity index (χ1) is 14.0. The molecule has 1 aliphatic rings. The van der Waals surface area contributed by atoms with E-state index in [0.29, 0.717) is 0 Å². The zero-order chi connectivity index (χ0) is 20.5. The van der Waals surface area contributed by atoms with Gasteiger partial charge in [0.1, 0.15) is 11.0 Å². The van der Waals surface area contributed by atoms with Crippen LogP contribution in [0.1, 0.15) is 22.9 Å². The first kappa shape index (κ1) is 19.9. The number of halogens is 1. The number of nitrogens with zero attached hydrogens (tertiary/aromatic N) is 1. The van der Waals surface area contributed by atoms with Gasteiger partial charge in [0.2, 0.25) is 5.91 Å². The van der Waals surface area contributed by atoms with Gasteiger partial charge in [-0.05, 0) is 77.3 Å². The molecule has 3 aromatic rings. The number of benzene rings is 2. The third kappa shape index (κ3) is 4.02. The van der Waals surface area contributed by atoms with E-state index in [4.69, 9.17) is 4.74 Å². The number of ether oxygens (including phenoxy) is 1. The molecule has 2 aromatic carbocycles. The second-order valence-electron chi connectivity index (χ2n) is 7.04. The van der Waals surface area contributed by atoms with E-state index in [1.807, 2.05) is 67.1 Å². The van der Waals surface area contributed by atoms with Crippen LogP contribution in [0.3, 0.4) is 0 Å². The minimum absolute atomic E-state index is 0.0435. The van der Waals surface area contributed by atoms with Crippen LogP contribution in [0, 0.1) is 13.8 Å². The Morgan fingerprint density at radius 2 is 1.90 bits per heavy atom. The Morgan fingerprint density at radius 1 is 1.14 bits per heavy atom. The van der Waals surface area contributed by atoms with E-state index in [-0.39, 0.29) is 17.2 Å². The van der Waals surface area contributed by atoms with Crippen molar-refractivity contribution in [2.24, 2.45) is 0 Å². The fourth-order valence-corrected chi connectivity index (χ4v) is 5.19. The lowest BCUT2D eigenvalue weighted by molar-refractivity contribution is -0.116. The molecule has 7 heteroatoms. The first-order valence-corrected chi connectivity index (χ1v) is 11.0. The van der Waals surface area contributed by atoms with E-state index in [1.54, 1.807) is 18.9 Å². The number of carbonyl (C=O) groups excluding carboxylic acids is 1. The van der Waals surface area contributed by atoms with Crippen LogP contribution in [0.2, 0.25) is 0 Å². The van der Waals surface area contributed by atoms with Gasteiger partial charge in [-0.25, -0.2) is 0 Å². The molecule has 0 saturated carbocycles. The average molecular weight is 472 g/mol. The summed E-state index contributed by atoms with van der Waals surface area (Å²) in [5.41, 5.74) is 7.56. The van der Waals surface area contributed by atoms with E-state index in [0.717, 1.165) is 37.8 Å². The summed E-state index contributed by atoms with van der Waals surface area (Å²) in [5, 5.41) is 3.78. The number of fused-ring (bicyclic) bond motifs is 1. The van der Waals surface area contributed by atoms with Crippen LogP contribution in [-0.2, 0) is 4.79 Å². The Hall–Kier alpha value is -2.38. The van der Waals surface area contributed by atoms with Crippen LogP contribution >= 0.6 is 27.7 Å². The summed E-state index contributed by atoms with van der Waals surface area (Å²) in [6.45, 7) is 4.07. The number of carbonyl (C=O) groups is 1. The smallest absolute Gasteiger partial charge is 0.240 e. The number of rotatable bonds is 4. The molecule has 2 atom stereocenters. The van der Waals surface area contributed by atoms with Crippen LogP contribution in [0.15, 0.2) is 64.1 Å². The Labute approximate surface area is 182 Å². The van der Waals surface area contributed by atoms with Crippen LogP contribution in [-0.4, -0.2) is 22.9 Å². The molecule has 150 valence electrons. The average Bonchev–Trinajstić information content (AvgIpc) is 3.09. The molecule has 0 saturated heterocycles. The predicted molar refractivity (Wildman–Crippen MR) is 121 cm³/mol. The van der Waals surface area contributed by atoms with E-state index in [1.165, 1.54) is 0 Å². The van der Waals surface area contributed by atoms with Gasteiger partial charge in [-0.2, -0.15) is 0 Å². The highest BCUT2D eigenvalue weighted by Gasteiger charge is 2.36. The second kappa shape index (κ2) is 8.16. The molecule has 0 bridgehead atoms. The lowest BCUT2D eigenvalue weighted by atomic mass is 10.0. The number of thioether (sulfide) groups is 1. The standard InChI is InChI=1S/C22H22BrN3O2S/c1-13-4-10-18(17(23)12-13)24-22(27)21-20(15-6-8-16(28-3)9-7-15)25-26-14(2)5-11-19(26)29-21/h4-12,20-21,25H,1-3H3,(H,24,27)/t20-,21-/m0/s1. The zero-order valence-electron chi connectivity index (χ0n) is 16.4. The maximum absolute atomic E-state index is 13.3. The summed E-state index contributed by atoms with van der Waals surface area (Å²) in [5.74, 6) is 0.748. The molecule has 0 spiro atoms. The molecule has 0 aliphatic carbocycles. The van der Waals surface area contributed by atoms with Crippen molar-refractivity contribution < 1.29 is 9.53 Å². The predicted octanol–water partition coefficient (Wildman–Crippen LogP) is 5.27. The highest BCUT2D eigenvalue weighted by molar-refractivity contribution is 9.10. The van der Waals surface area contributed by atoms with Gasteiger partial charge in [0, 0.05) is 10.2 Å². The molecule has 5 nitrogen and oxygen atoms in total. The number of methoxy groups -OCH3 is 1. The maximum atomic E-state index is 13.3. The topological polar surface area (TPSA) is 55.3 Å². The van der Waals surface area contributed by atoms with Crippen LogP contribution in [0.4, 0.5) is 5.69 Å². The normalized spacial score (nSPS) is 17.9. The Morgan fingerprint density at radius 3 is 2.59 bits per heavy atom. The summed E-state index contributed by atoms with van der Waals surface area (Å²) in [6, 6.07) is 17.7. The summed E-state index contributed by atoms with van der Waals surface area (Å²) >= 11 is 5.12. The van der Waals surface area contributed by atoms with Crippen molar-refractivity contribution in [1.82, 2.24) is 4.68 Å². The Bertz CT molecular complexity index is 1050. The summed E-state index contributed by atoms with van der Waals surface area (Å²) in [7, 11) is 1.65. The summed E-state index contributed by atoms with van der Waals surface area (Å²) in [4.78, 5) is 13.3. The lowest BCUT2D eigenvalue weighted by Gasteiger charge is -2.34. The molecule has 4 rings (SSSR count). The molecule has 0 radical (unpaired) electrons. The Balaban J connectivity index is 1.66. The van der Waals surface area contributed by atoms with E-state index < -0.39 is 0 Å². The SMILES string of the molecule is COc1ccc([C@@H]2Nn3c(C)ccc3S[C@@H]2C(=O)Nc2ccc(C)cc2Br)cc1. The molecular formula is C22H22BrN3O2S. The first-order valence-electron chi connectivity index (χ1n) is 9.29. The molecule has 1 amide bonds. The highest BCUT2D eigenvalue weighted by atomic mass is 79.9. The van der Waals surface area contributed by atoms with E-state index in [9.17, 15) is 4.79 Å². The quantitative estimate of drug-likeness (QED) is 0.543. The van der Waals surface area contributed by atoms with Crippen molar-refractivity contribution in [2.75, 3.05) is 17.9 Å².